The van der Waals surface area contributed by atoms with Gasteiger partial charge in [-0.15, -0.1) is 0 Å². The summed E-state index contributed by atoms with van der Waals surface area (Å²) in [5.41, 5.74) is 2.53. The van der Waals surface area contributed by atoms with Crippen LogP contribution in [0.2, 0.25) is 10.0 Å². The van der Waals surface area contributed by atoms with Crippen molar-refractivity contribution in [1.29, 1.82) is 0 Å². The molecule has 4 aromatic rings. The Bertz CT molecular complexity index is 1420. The Morgan fingerprint density at radius 2 is 1.89 bits per heavy atom. The fourth-order valence-corrected chi connectivity index (χ4v) is 4.50. The zero-order valence-corrected chi connectivity index (χ0v) is 21.2. The van der Waals surface area contributed by atoms with E-state index in [0.29, 0.717) is 39.7 Å². The molecule has 1 atom stereocenters. The zero-order valence-electron chi connectivity index (χ0n) is 18.8. The quantitative estimate of drug-likeness (QED) is 0.291. The van der Waals surface area contributed by atoms with Crippen LogP contribution in [0.4, 0.5) is 0 Å². The first-order valence-electron chi connectivity index (χ1n) is 10.6. The molecule has 0 amide bonds. The highest BCUT2D eigenvalue weighted by molar-refractivity contribution is 7.82. The van der Waals surface area contributed by atoms with Crippen LogP contribution in [-0.2, 0) is 22.2 Å². The van der Waals surface area contributed by atoms with E-state index in [9.17, 15) is 9.00 Å². The van der Waals surface area contributed by atoms with Crippen molar-refractivity contribution in [1.82, 2.24) is 14.2 Å². The first kappa shape index (κ1) is 25.0. The number of halogens is 2. The molecule has 2 aromatic heterocycles. The predicted molar refractivity (Wildman–Crippen MR) is 136 cm³/mol. The maximum Gasteiger partial charge on any atom is 0.341 e. The lowest BCUT2D eigenvalue weighted by atomic mass is 10.0. The van der Waals surface area contributed by atoms with Crippen LogP contribution in [0.25, 0.3) is 22.2 Å². The lowest BCUT2D eigenvalue weighted by molar-refractivity contribution is -0.139. The summed E-state index contributed by atoms with van der Waals surface area (Å²) in [5, 5.41) is 15.0. The summed E-state index contributed by atoms with van der Waals surface area (Å²) in [7, 11) is -1.47. The van der Waals surface area contributed by atoms with Crippen molar-refractivity contribution in [3.63, 3.8) is 0 Å². The molecule has 0 aliphatic carbocycles. The van der Waals surface area contributed by atoms with E-state index in [1.165, 1.54) is 10.3 Å². The number of aromatic nitrogens is 3. The fourth-order valence-electron chi connectivity index (χ4n) is 3.54. The number of ether oxygens (including phenoxy) is 2. The number of carboxylic acids is 1. The zero-order chi connectivity index (χ0) is 25.1. The van der Waals surface area contributed by atoms with Gasteiger partial charge in [0.1, 0.15) is 28.2 Å². The summed E-state index contributed by atoms with van der Waals surface area (Å²) in [5.74, 6) is 0.0771. The van der Waals surface area contributed by atoms with Gasteiger partial charge in [0.05, 0.1) is 16.2 Å². The third-order valence-electron chi connectivity index (χ3n) is 5.02. The molecule has 4 rings (SSSR count). The van der Waals surface area contributed by atoms with E-state index in [2.05, 4.69) is 5.10 Å². The van der Waals surface area contributed by atoms with Crippen molar-refractivity contribution in [2.45, 2.75) is 19.8 Å². The third-order valence-corrected chi connectivity index (χ3v) is 6.34. The van der Waals surface area contributed by atoms with Crippen molar-refractivity contribution >= 4 is 51.1 Å². The van der Waals surface area contributed by atoms with Gasteiger partial charge in [0.2, 0.25) is 5.88 Å². The minimum absolute atomic E-state index is 0.190. The molecule has 1 unspecified atom stereocenters. The van der Waals surface area contributed by atoms with E-state index < -0.39 is 23.6 Å². The number of hydrogen-bond acceptors (Lipinski definition) is 6. The highest BCUT2D eigenvalue weighted by atomic mass is 35.5. The molecule has 0 aliphatic rings. The first-order valence-corrected chi connectivity index (χ1v) is 12.9. The molecule has 0 radical (unpaired) electrons. The van der Waals surface area contributed by atoms with Crippen molar-refractivity contribution in [3.8, 4) is 28.6 Å². The van der Waals surface area contributed by atoms with Gasteiger partial charge in [-0.3, -0.25) is 0 Å². The highest BCUT2D eigenvalue weighted by Crippen LogP contribution is 2.37. The number of carboxylic acid groups (broad SMARTS) is 1. The molecule has 0 spiro atoms. The number of pyridine rings is 1. The van der Waals surface area contributed by atoms with Gasteiger partial charge in [0.15, 0.2) is 6.61 Å². The summed E-state index contributed by atoms with van der Waals surface area (Å²) < 4.78 is 25.0. The number of benzene rings is 2. The van der Waals surface area contributed by atoms with Crippen LogP contribution >= 0.6 is 23.2 Å². The third kappa shape index (κ3) is 5.58. The maximum atomic E-state index is 12.4. The molecule has 0 aliphatic heterocycles. The molecule has 182 valence electrons. The number of rotatable bonds is 9. The molecule has 0 saturated carbocycles. The minimum atomic E-state index is -1.47. The van der Waals surface area contributed by atoms with Crippen LogP contribution < -0.4 is 9.47 Å². The summed E-state index contributed by atoms with van der Waals surface area (Å²) in [6.07, 6.45) is 2.97. The van der Waals surface area contributed by atoms with Crippen LogP contribution in [0.3, 0.4) is 0 Å². The van der Waals surface area contributed by atoms with E-state index >= 15 is 0 Å². The maximum absolute atomic E-state index is 12.4. The Morgan fingerprint density at radius 3 is 2.54 bits per heavy atom. The molecular weight excluding hydrogens is 513 g/mol. The molecule has 1 N–H and O–H groups in total. The Hall–Kier alpha value is -3.14. The van der Waals surface area contributed by atoms with Crippen LogP contribution in [0.15, 0.2) is 48.5 Å². The molecule has 35 heavy (non-hydrogen) atoms. The van der Waals surface area contributed by atoms with Crippen LogP contribution in [0.5, 0.6) is 17.4 Å². The van der Waals surface area contributed by atoms with Gasteiger partial charge in [-0.2, -0.15) is 9.19 Å². The lowest BCUT2D eigenvalue weighted by Gasteiger charge is -2.11. The van der Waals surface area contributed by atoms with E-state index in [0.717, 1.165) is 17.7 Å². The number of nitrogens with zero attached hydrogens (tertiary/aromatic N) is 3. The van der Waals surface area contributed by atoms with Crippen LogP contribution in [-0.4, -0.2) is 42.3 Å². The Labute approximate surface area is 214 Å². The topological polar surface area (TPSA) is 104 Å². The molecule has 0 fully saturated rings. The van der Waals surface area contributed by atoms with Gasteiger partial charge in [0.25, 0.3) is 0 Å². The van der Waals surface area contributed by atoms with Gasteiger partial charge in [-0.25, -0.2) is 14.0 Å². The summed E-state index contributed by atoms with van der Waals surface area (Å²) in [4.78, 5) is 15.7. The average Bonchev–Trinajstić information content (AvgIpc) is 3.17. The monoisotopic (exact) mass is 533 g/mol. The van der Waals surface area contributed by atoms with Crippen molar-refractivity contribution in [2.24, 2.45) is 0 Å². The molecular formula is C24H21Cl2N3O5S. The van der Waals surface area contributed by atoms with Gasteiger partial charge < -0.3 is 14.6 Å². The highest BCUT2D eigenvalue weighted by Gasteiger charge is 2.21. The van der Waals surface area contributed by atoms with Gasteiger partial charge in [-0.05, 0) is 48.9 Å². The minimum Gasteiger partial charge on any atom is -0.480 e. The molecule has 2 aromatic carbocycles. The largest absolute Gasteiger partial charge is 0.480 e. The first-order chi connectivity index (χ1) is 16.8. The second-order valence-electron chi connectivity index (χ2n) is 7.58. The smallest absolute Gasteiger partial charge is 0.341 e. The Morgan fingerprint density at radius 1 is 1.14 bits per heavy atom. The van der Waals surface area contributed by atoms with E-state index in [-0.39, 0.29) is 10.8 Å². The van der Waals surface area contributed by atoms with Crippen molar-refractivity contribution < 1.29 is 23.6 Å². The van der Waals surface area contributed by atoms with Crippen LogP contribution in [0.1, 0.15) is 19.0 Å². The molecule has 0 bridgehead atoms. The molecule has 2 heterocycles. The SMILES string of the molecule is CCCc1nc(Oc2ccc(Cl)cc2)ccc1-c1nn(S(C)=O)c2cc(Cl)c(OCC(=O)O)cc12. The Balaban J connectivity index is 1.82. The van der Waals surface area contributed by atoms with Crippen LogP contribution in [0, 0.1) is 0 Å². The number of aliphatic carboxylic acids is 1. The standard InChI is InChI=1S/C24H21Cl2N3O5S/c1-3-4-19-16(9-10-22(27-19)34-15-7-5-14(25)6-8-15)24-17-11-21(33-13-23(30)31)18(26)12-20(17)29(28-24)35(2)32/h5-12H,3-4,13H2,1-2H3,(H,30,31). The summed E-state index contributed by atoms with van der Waals surface area (Å²) >= 11 is 12.3. The second-order valence-corrected chi connectivity index (χ2v) is 9.61. The van der Waals surface area contributed by atoms with Crippen molar-refractivity contribution in [2.75, 3.05) is 12.9 Å². The predicted octanol–water partition coefficient (Wildman–Crippen LogP) is 5.75. The number of aryl methyl sites for hydroxylation is 1. The summed E-state index contributed by atoms with van der Waals surface area (Å²) in [6, 6.07) is 13.7. The molecule has 0 saturated heterocycles. The number of hydrogen-bond donors (Lipinski definition) is 1. The number of carbonyl (C=O) groups is 1. The van der Waals surface area contributed by atoms with Gasteiger partial charge in [-0.1, -0.05) is 36.5 Å². The molecule has 8 nitrogen and oxygen atoms in total. The van der Waals surface area contributed by atoms with Crippen molar-refractivity contribution in [3.05, 3.63) is 64.3 Å². The second kappa shape index (κ2) is 10.6. The van der Waals surface area contributed by atoms with Gasteiger partial charge >= 0.3 is 5.97 Å². The molecule has 11 heteroatoms. The average molecular weight is 534 g/mol. The van der Waals surface area contributed by atoms with E-state index in [1.54, 1.807) is 42.5 Å². The normalized spacial score (nSPS) is 12.0. The lowest BCUT2D eigenvalue weighted by Crippen LogP contribution is -2.09. The summed E-state index contributed by atoms with van der Waals surface area (Å²) in [6.45, 7) is 1.49. The fraction of sp³-hybridized carbons (Fsp3) is 0.208. The number of fused-ring (bicyclic) bond motifs is 1. The van der Waals surface area contributed by atoms with E-state index in [4.69, 9.17) is 42.8 Å². The van der Waals surface area contributed by atoms with Gasteiger partial charge in [0, 0.05) is 28.3 Å². The van der Waals surface area contributed by atoms with E-state index in [1.807, 2.05) is 13.0 Å². The Kier molecular flexibility index (Phi) is 7.59.